The standard InChI is InChI=1S/C13H9ClFN3O2/c14-18(11-3-1-2-10(8-19)12(11)15)17-13(20)9-4-6-16-7-5-9/h1-8H,(H,17,20). The molecule has 0 aliphatic heterocycles. The lowest BCUT2D eigenvalue weighted by Gasteiger charge is -2.17. The van der Waals surface area contributed by atoms with Crippen LogP contribution in [-0.2, 0) is 0 Å². The molecule has 0 bridgehead atoms. The average Bonchev–Trinajstić information content (AvgIpc) is 2.48. The van der Waals surface area contributed by atoms with Gasteiger partial charge in [0.1, 0.15) is 5.69 Å². The second kappa shape index (κ2) is 6.12. The molecule has 1 heterocycles. The highest BCUT2D eigenvalue weighted by atomic mass is 35.5. The molecule has 2 aromatic rings. The van der Waals surface area contributed by atoms with E-state index >= 15 is 0 Å². The SMILES string of the molecule is O=Cc1cccc(N(Cl)NC(=O)c2ccncc2)c1F. The molecule has 0 unspecified atom stereocenters. The number of benzene rings is 1. The molecular weight excluding hydrogens is 285 g/mol. The number of nitrogens with zero attached hydrogens (tertiary/aromatic N) is 2. The van der Waals surface area contributed by atoms with Crippen LogP contribution in [0.15, 0.2) is 42.7 Å². The summed E-state index contributed by atoms with van der Waals surface area (Å²) in [4.78, 5) is 26.3. The van der Waals surface area contributed by atoms with Gasteiger partial charge < -0.3 is 0 Å². The first-order chi connectivity index (χ1) is 9.63. The molecule has 0 spiro atoms. The van der Waals surface area contributed by atoms with Gasteiger partial charge in [-0.25, -0.2) is 9.82 Å². The second-order valence-electron chi connectivity index (χ2n) is 3.76. The predicted octanol–water partition coefficient (Wildman–Crippen LogP) is 2.34. The number of hydrogen-bond donors (Lipinski definition) is 1. The van der Waals surface area contributed by atoms with Crippen LogP contribution < -0.4 is 9.95 Å². The van der Waals surface area contributed by atoms with Gasteiger partial charge in [-0.05, 0) is 24.3 Å². The fourth-order valence-electron chi connectivity index (χ4n) is 1.50. The summed E-state index contributed by atoms with van der Waals surface area (Å²) in [6, 6.07) is 7.07. The molecule has 102 valence electrons. The number of amides is 1. The van der Waals surface area contributed by atoms with Gasteiger partial charge in [0.05, 0.1) is 5.56 Å². The van der Waals surface area contributed by atoms with E-state index in [1.54, 1.807) is 0 Å². The zero-order valence-electron chi connectivity index (χ0n) is 10.1. The van der Waals surface area contributed by atoms with Gasteiger partial charge in [0.2, 0.25) is 0 Å². The molecule has 0 atom stereocenters. The highest BCUT2D eigenvalue weighted by molar-refractivity contribution is 6.26. The Balaban J connectivity index is 2.19. The van der Waals surface area contributed by atoms with Gasteiger partial charge in [0.25, 0.3) is 5.91 Å². The fourth-order valence-corrected chi connectivity index (χ4v) is 1.70. The lowest BCUT2D eigenvalue weighted by Crippen LogP contribution is -2.36. The summed E-state index contributed by atoms with van der Waals surface area (Å²) in [6.07, 6.45) is 3.26. The highest BCUT2D eigenvalue weighted by Gasteiger charge is 2.15. The van der Waals surface area contributed by atoms with E-state index in [0.717, 1.165) is 0 Å². The Bertz CT molecular complexity index is 637. The van der Waals surface area contributed by atoms with Crippen LogP contribution in [0, 0.1) is 5.82 Å². The molecule has 7 heteroatoms. The van der Waals surface area contributed by atoms with Crippen molar-refractivity contribution in [2.24, 2.45) is 0 Å². The van der Waals surface area contributed by atoms with Crippen LogP contribution in [0.5, 0.6) is 0 Å². The van der Waals surface area contributed by atoms with E-state index in [-0.39, 0.29) is 11.3 Å². The lowest BCUT2D eigenvalue weighted by molar-refractivity contribution is 0.0956. The number of anilines is 1. The maximum absolute atomic E-state index is 13.9. The number of carbonyl (C=O) groups excluding carboxylic acids is 2. The molecule has 2 rings (SSSR count). The van der Waals surface area contributed by atoms with Crippen molar-refractivity contribution < 1.29 is 14.0 Å². The van der Waals surface area contributed by atoms with Crippen molar-refractivity contribution in [3.8, 4) is 0 Å². The summed E-state index contributed by atoms with van der Waals surface area (Å²) in [5.41, 5.74) is 2.32. The lowest BCUT2D eigenvalue weighted by atomic mass is 10.2. The maximum Gasteiger partial charge on any atom is 0.271 e. The maximum atomic E-state index is 13.9. The third kappa shape index (κ3) is 2.92. The first kappa shape index (κ1) is 14.0. The van der Waals surface area contributed by atoms with Gasteiger partial charge in [0.15, 0.2) is 12.1 Å². The molecule has 0 aliphatic rings. The van der Waals surface area contributed by atoms with E-state index in [9.17, 15) is 14.0 Å². The highest BCUT2D eigenvalue weighted by Crippen LogP contribution is 2.21. The number of nitrogens with one attached hydrogen (secondary N) is 1. The van der Waals surface area contributed by atoms with Crippen molar-refractivity contribution >= 4 is 29.7 Å². The van der Waals surface area contributed by atoms with Crippen LogP contribution in [0.1, 0.15) is 20.7 Å². The van der Waals surface area contributed by atoms with E-state index in [1.807, 2.05) is 0 Å². The largest absolute Gasteiger partial charge is 0.298 e. The predicted molar refractivity (Wildman–Crippen MR) is 71.8 cm³/mol. The third-order valence-corrected chi connectivity index (χ3v) is 2.76. The van der Waals surface area contributed by atoms with Crippen molar-refractivity contribution in [1.29, 1.82) is 0 Å². The number of aromatic nitrogens is 1. The number of hydrazine groups is 1. The van der Waals surface area contributed by atoms with Crippen molar-refractivity contribution in [2.45, 2.75) is 0 Å². The quantitative estimate of drug-likeness (QED) is 0.534. The number of carbonyl (C=O) groups is 2. The van der Waals surface area contributed by atoms with Gasteiger partial charge >= 0.3 is 0 Å². The smallest absolute Gasteiger partial charge is 0.271 e. The van der Waals surface area contributed by atoms with Crippen LogP contribution in [0.2, 0.25) is 0 Å². The molecule has 0 aliphatic carbocycles. The van der Waals surface area contributed by atoms with Gasteiger partial charge in [0, 0.05) is 29.7 Å². The van der Waals surface area contributed by atoms with Crippen molar-refractivity contribution in [3.05, 3.63) is 59.7 Å². The summed E-state index contributed by atoms with van der Waals surface area (Å²) in [6.45, 7) is 0. The first-order valence-corrected chi connectivity index (χ1v) is 5.88. The zero-order chi connectivity index (χ0) is 14.5. The molecule has 0 fully saturated rings. The number of pyridine rings is 1. The van der Waals surface area contributed by atoms with E-state index in [1.165, 1.54) is 42.7 Å². The Morgan fingerprint density at radius 2 is 2.00 bits per heavy atom. The van der Waals surface area contributed by atoms with Crippen LogP contribution in [0.4, 0.5) is 10.1 Å². The molecule has 0 radical (unpaired) electrons. The Labute approximate surface area is 119 Å². The molecule has 1 aromatic heterocycles. The zero-order valence-corrected chi connectivity index (χ0v) is 10.8. The van der Waals surface area contributed by atoms with Gasteiger partial charge in [-0.2, -0.15) is 4.53 Å². The summed E-state index contributed by atoms with van der Waals surface area (Å²) in [5.74, 6) is -1.34. The second-order valence-corrected chi connectivity index (χ2v) is 4.09. The minimum absolute atomic E-state index is 0.126. The van der Waals surface area contributed by atoms with Crippen LogP contribution in [-0.4, -0.2) is 17.2 Å². The summed E-state index contributed by atoms with van der Waals surface area (Å²) in [7, 11) is 0. The molecule has 1 amide bonds. The molecule has 20 heavy (non-hydrogen) atoms. The molecule has 0 saturated heterocycles. The first-order valence-electron chi connectivity index (χ1n) is 5.54. The summed E-state index contributed by atoms with van der Waals surface area (Å²) in [5, 5.41) is 0. The molecule has 1 N–H and O–H groups in total. The van der Waals surface area contributed by atoms with Gasteiger partial charge in [-0.3, -0.25) is 14.6 Å². The van der Waals surface area contributed by atoms with Crippen LogP contribution in [0.25, 0.3) is 0 Å². The van der Waals surface area contributed by atoms with E-state index < -0.39 is 11.7 Å². The normalized spacial score (nSPS) is 9.90. The number of hydrogen-bond acceptors (Lipinski definition) is 4. The van der Waals surface area contributed by atoms with Crippen molar-refractivity contribution in [2.75, 3.05) is 4.53 Å². The minimum atomic E-state index is -0.812. The Kier molecular flexibility index (Phi) is 4.27. The van der Waals surface area contributed by atoms with Crippen LogP contribution in [0.3, 0.4) is 0 Å². The van der Waals surface area contributed by atoms with Gasteiger partial charge in [-0.1, -0.05) is 6.07 Å². The third-order valence-electron chi connectivity index (χ3n) is 2.49. The fraction of sp³-hybridized carbons (Fsp3) is 0. The Morgan fingerprint density at radius 1 is 1.30 bits per heavy atom. The van der Waals surface area contributed by atoms with E-state index in [2.05, 4.69) is 10.4 Å². The molecule has 0 saturated carbocycles. The monoisotopic (exact) mass is 293 g/mol. The molecule has 5 nitrogen and oxygen atoms in total. The summed E-state index contributed by atoms with van der Waals surface area (Å²) < 4.78 is 14.6. The average molecular weight is 294 g/mol. The minimum Gasteiger partial charge on any atom is -0.298 e. The number of rotatable bonds is 4. The number of aldehydes is 1. The number of halogens is 2. The summed E-state index contributed by atoms with van der Waals surface area (Å²) >= 11 is 5.82. The Hall–Kier alpha value is -2.47. The van der Waals surface area contributed by atoms with E-state index in [0.29, 0.717) is 16.4 Å². The van der Waals surface area contributed by atoms with Crippen molar-refractivity contribution in [1.82, 2.24) is 10.4 Å². The van der Waals surface area contributed by atoms with E-state index in [4.69, 9.17) is 11.8 Å². The van der Waals surface area contributed by atoms with Crippen molar-refractivity contribution in [3.63, 3.8) is 0 Å². The van der Waals surface area contributed by atoms with Gasteiger partial charge in [-0.15, -0.1) is 0 Å². The topological polar surface area (TPSA) is 62.3 Å². The molecule has 1 aromatic carbocycles. The molecular formula is C13H9ClFN3O2. The Morgan fingerprint density at radius 3 is 2.65 bits per heavy atom. The van der Waals surface area contributed by atoms with Crippen LogP contribution >= 0.6 is 11.8 Å².